The molecule has 1 amide bonds. The van der Waals surface area contributed by atoms with Gasteiger partial charge in [-0.1, -0.05) is 0 Å². The number of benzene rings is 1. The van der Waals surface area contributed by atoms with Crippen LogP contribution in [0.5, 0.6) is 5.75 Å². The van der Waals surface area contributed by atoms with Gasteiger partial charge in [0.2, 0.25) is 0 Å². The van der Waals surface area contributed by atoms with Gasteiger partial charge < -0.3 is 9.64 Å². The van der Waals surface area contributed by atoms with Gasteiger partial charge in [0.05, 0.1) is 7.11 Å². The maximum absolute atomic E-state index is 12.6. The number of ether oxygens (including phenoxy) is 1. The van der Waals surface area contributed by atoms with Gasteiger partial charge in [0.15, 0.2) is 0 Å². The topological polar surface area (TPSA) is 63.7 Å². The fourth-order valence-electron chi connectivity index (χ4n) is 2.64. The summed E-state index contributed by atoms with van der Waals surface area (Å²) >= 11 is 0. The minimum absolute atomic E-state index is 0.127. The second kappa shape index (κ2) is 5.50. The normalized spacial score (nSPS) is 17.8. The second-order valence-electron chi connectivity index (χ2n) is 5.68. The molecule has 116 valence electrons. The van der Waals surface area contributed by atoms with Crippen molar-refractivity contribution in [2.75, 3.05) is 13.7 Å². The monoisotopic (exact) mass is 331 g/mol. The summed E-state index contributed by atoms with van der Waals surface area (Å²) in [4.78, 5) is 14.2. The van der Waals surface area contributed by atoms with Crippen molar-refractivity contribution in [1.82, 2.24) is 4.90 Å². The molecular formula is C14H18ClNO4S. The first-order chi connectivity index (χ1) is 9.66. The molecule has 0 bridgehead atoms. The largest absolute Gasteiger partial charge is 0.495 e. The van der Waals surface area contributed by atoms with Gasteiger partial charge in [-0.3, -0.25) is 4.79 Å². The molecule has 0 N–H and O–H groups in total. The molecule has 7 heteroatoms. The molecule has 0 unspecified atom stereocenters. The number of hydrogen-bond donors (Lipinski definition) is 0. The van der Waals surface area contributed by atoms with E-state index in [0.717, 1.165) is 12.8 Å². The Balaban J connectivity index is 2.44. The fraction of sp³-hybridized carbons (Fsp3) is 0.500. The number of rotatable bonds is 3. The Bertz CT molecular complexity index is 670. The number of carbonyl (C=O) groups is 1. The lowest BCUT2D eigenvalue weighted by molar-refractivity contribution is 0.0651. The van der Waals surface area contributed by atoms with Crippen LogP contribution in [0.3, 0.4) is 0 Å². The highest BCUT2D eigenvalue weighted by atomic mass is 35.7. The van der Waals surface area contributed by atoms with E-state index in [9.17, 15) is 13.2 Å². The number of amides is 1. The van der Waals surface area contributed by atoms with Gasteiger partial charge in [-0.05, 0) is 44.9 Å². The number of halogens is 1. The first-order valence-electron chi connectivity index (χ1n) is 6.61. The number of likely N-dealkylation sites (tertiary alicyclic amines) is 1. The summed E-state index contributed by atoms with van der Waals surface area (Å²) in [5.74, 6) is -0.0658. The van der Waals surface area contributed by atoms with Gasteiger partial charge in [0.25, 0.3) is 15.0 Å². The highest BCUT2D eigenvalue weighted by Gasteiger charge is 2.36. The minimum Gasteiger partial charge on any atom is -0.495 e. The summed E-state index contributed by atoms with van der Waals surface area (Å²) in [5, 5.41) is 0. The lowest BCUT2D eigenvalue weighted by Crippen LogP contribution is -2.42. The van der Waals surface area contributed by atoms with E-state index in [-0.39, 0.29) is 22.1 Å². The van der Waals surface area contributed by atoms with Gasteiger partial charge in [0, 0.05) is 28.3 Å². The number of hydrogen-bond acceptors (Lipinski definition) is 4. The van der Waals surface area contributed by atoms with E-state index < -0.39 is 9.05 Å². The zero-order valence-corrected chi connectivity index (χ0v) is 13.8. The summed E-state index contributed by atoms with van der Waals surface area (Å²) in [6.07, 6.45) is 1.87. The van der Waals surface area contributed by atoms with E-state index in [1.807, 2.05) is 13.8 Å². The third-order valence-electron chi connectivity index (χ3n) is 3.82. The molecule has 0 saturated carbocycles. The Morgan fingerprint density at radius 2 is 2.05 bits per heavy atom. The van der Waals surface area contributed by atoms with Crippen LogP contribution in [0.15, 0.2) is 23.1 Å². The van der Waals surface area contributed by atoms with E-state index in [2.05, 4.69) is 0 Å². The SMILES string of the molecule is COc1ccc(C(=O)N2CCCC2(C)C)cc1S(=O)(=O)Cl. The molecule has 1 saturated heterocycles. The van der Waals surface area contributed by atoms with E-state index in [0.29, 0.717) is 12.1 Å². The zero-order chi connectivity index (χ0) is 15.8. The van der Waals surface area contributed by atoms with E-state index in [4.69, 9.17) is 15.4 Å². The molecule has 1 aromatic rings. The first-order valence-corrected chi connectivity index (χ1v) is 8.92. The van der Waals surface area contributed by atoms with Gasteiger partial charge in [0.1, 0.15) is 10.6 Å². The van der Waals surface area contributed by atoms with Crippen LogP contribution in [-0.2, 0) is 9.05 Å². The third-order valence-corrected chi connectivity index (χ3v) is 5.16. The molecule has 0 spiro atoms. The van der Waals surface area contributed by atoms with Crippen LogP contribution in [-0.4, -0.2) is 38.4 Å². The lowest BCUT2D eigenvalue weighted by atomic mass is 10.0. The lowest BCUT2D eigenvalue weighted by Gasteiger charge is -2.31. The van der Waals surface area contributed by atoms with Gasteiger partial charge in [-0.15, -0.1) is 0 Å². The van der Waals surface area contributed by atoms with Crippen molar-refractivity contribution in [2.45, 2.75) is 37.1 Å². The zero-order valence-electron chi connectivity index (χ0n) is 12.2. The summed E-state index contributed by atoms with van der Waals surface area (Å²) in [7, 11) is 2.78. The average Bonchev–Trinajstić information content (AvgIpc) is 2.75. The number of methoxy groups -OCH3 is 1. The molecule has 2 rings (SSSR count). The van der Waals surface area contributed by atoms with Gasteiger partial charge in [-0.2, -0.15) is 0 Å². The molecular weight excluding hydrogens is 314 g/mol. The average molecular weight is 332 g/mol. The minimum atomic E-state index is -3.98. The molecule has 1 fully saturated rings. The van der Waals surface area contributed by atoms with E-state index in [1.165, 1.54) is 19.2 Å². The van der Waals surface area contributed by atoms with Crippen LogP contribution < -0.4 is 4.74 Å². The van der Waals surface area contributed by atoms with Gasteiger partial charge >= 0.3 is 0 Å². The summed E-state index contributed by atoms with van der Waals surface area (Å²) in [6.45, 7) is 4.67. The molecule has 0 aliphatic carbocycles. The van der Waals surface area contributed by atoms with Crippen molar-refractivity contribution in [2.24, 2.45) is 0 Å². The standard InChI is InChI=1S/C14H18ClNO4S/c1-14(2)7-4-8-16(14)13(17)10-5-6-11(20-3)12(9-10)21(15,18)19/h5-6,9H,4,7-8H2,1-3H3. The van der Waals surface area contributed by atoms with Crippen molar-refractivity contribution in [3.05, 3.63) is 23.8 Å². The van der Waals surface area contributed by atoms with Crippen LogP contribution in [0.25, 0.3) is 0 Å². The van der Waals surface area contributed by atoms with Crippen molar-refractivity contribution in [1.29, 1.82) is 0 Å². The fourth-order valence-corrected chi connectivity index (χ4v) is 3.66. The smallest absolute Gasteiger partial charge is 0.265 e. The summed E-state index contributed by atoms with van der Waals surface area (Å²) in [5.41, 5.74) is 0.0711. The predicted molar refractivity (Wildman–Crippen MR) is 80.4 cm³/mol. The first kappa shape index (κ1) is 16.1. The molecule has 21 heavy (non-hydrogen) atoms. The van der Waals surface area contributed by atoms with Crippen molar-refractivity contribution >= 4 is 25.6 Å². The Morgan fingerprint density at radius 1 is 1.38 bits per heavy atom. The maximum atomic E-state index is 12.6. The van der Waals surface area contributed by atoms with Crippen molar-refractivity contribution in [3.63, 3.8) is 0 Å². The van der Waals surface area contributed by atoms with E-state index in [1.54, 1.807) is 11.0 Å². The Morgan fingerprint density at radius 3 is 2.52 bits per heavy atom. The third kappa shape index (κ3) is 3.16. The quantitative estimate of drug-likeness (QED) is 0.799. The molecule has 1 aliphatic rings. The Hall–Kier alpha value is -1.27. The van der Waals surface area contributed by atoms with Crippen molar-refractivity contribution in [3.8, 4) is 5.75 Å². The Labute approximate surface area is 129 Å². The molecule has 1 heterocycles. The van der Waals surface area contributed by atoms with E-state index >= 15 is 0 Å². The highest BCUT2D eigenvalue weighted by molar-refractivity contribution is 8.13. The molecule has 1 aliphatic heterocycles. The predicted octanol–water partition coefficient (Wildman–Crippen LogP) is 2.64. The molecule has 0 atom stereocenters. The van der Waals surface area contributed by atoms with Crippen LogP contribution in [0.1, 0.15) is 37.0 Å². The molecule has 5 nitrogen and oxygen atoms in total. The molecule has 1 aromatic carbocycles. The maximum Gasteiger partial charge on any atom is 0.265 e. The second-order valence-corrected chi connectivity index (χ2v) is 8.21. The number of nitrogens with zero attached hydrogens (tertiary/aromatic N) is 1. The van der Waals surface area contributed by atoms with Crippen LogP contribution >= 0.6 is 10.7 Å². The molecule has 0 aromatic heterocycles. The summed E-state index contributed by atoms with van der Waals surface area (Å²) in [6, 6.07) is 4.28. The van der Waals surface area contributed by atoms with Crippen LogP contribution in [0.4, 0.5) is 0 Å². The Kier molecular flexibility index (Phi) is 4.22. The highest BCUT2D eigenvalue weighted by Crippen LogP contribution is 2.32. The van der Waals surface area contributed by atoms with Gasteiger partial charge in [-0.25, -0.2) is 8.42 Å². The van der Waals surface area contributed by atoms with Crippen LogP contribution in [0.2, 0.25) is 0 Å². The molecule has 0 radical (unpaired) electrons. The van der Waals surface area contributed by atoms with Crippen molar-refractivity contribution < 1.29 is 17.9 Å². The van der Waals surface area contributed by atoms with Crippen LogP contribution in [0, 0.1) is 0 Å². The number of carbonyl (C=O) groups excluding carboxylic acids is 1. The summed E-state index contributed by atoms with van der Waals surface area (Å²) < 4.78 is 28.2.